The van der Waals surface area contributed by atoms with Gasteiger partial charge in [0.05, 0.1) is 22.3 Å². The van der Waals surface area contributed by atoms with Gasteiger partial charge in [0.1, 0.15) is 5.84 Å². The second kappa shape index (κ2) is 4.67. The number of rotatable bonds is 1. The Kier molecular flexibility index (Phi) is 2.76. The Morgan fingerprint density at radius 2 is 1.68 bits per heavy atom. The van der Waals surface area contributed by atoms with E-state index in [0.29, 0.717) is 0 Å². The zero-order valence-corrected chi connectivity index (χ0v) is 13.0. The molecule has 2 aromatic carbocycles. The van der Waals surface area contributed by atoms with E-state index in [0.717, 1.165) is 33.8 Å². The Balaban J connectivity index is 2.10. The van der Waals surface area contributed by atoms with Crippen LogP contribution in [-0.4, -0.2) is 10.8 Å². The van der Waals surface area contributed by atoms with E-state index in [2.05, 4.69) is 61.2 Å². The molecule has 0 unspecified atom stereocenters. The van der Waals surface area contributed by atoms with Crippen LogP contribution < -0.4 is 4.90 Å². The molecule has 108 valence electrons. The van der Waals surface area contributed by atoms with Gasteiger partial charge in [-0.25, -0.2) is 4.99 Å². The maximum absolute atomic E-state index is 4.80. The van der Waals surface area contributed by atoms with E-state index >= 15 is 0 Å². The molecule has 0 atom stereocenters. The third-order valence-corrected chi connectivity index (χ3v) is 4.11. The molecule has 22 heavy (non-hydrogen) atoms. The van der Waals surface area contributed by atoms with Crippen LogP contribution in [0.2, 0.25) is 0 Å². The Hall–Kier alpha value is -2.68. The summed E-state index contributed by atoms with van der Waals surface area (Å²) in [7, 11) is 0. The lowest BCUT2D eigenvalue weighted by Gasteiger charge is -2.30. The van der Waals surface area contributed by atoms with Crippen molar-refractivity contribution in [1.29, 1.82) is 0 Å². The van der Waals surface area contributed by atoms with Crippen molar-refractivity contribution < 1.29 is 0 Å². The fraction of sp³-hybridized carbons (Fsp3) is 0.158. The molecule has 1 aromatic heterocycles. The van der Waals surface area contributed by atoms with Gasteiger partial charge in [-0.1, -0.05) is 24.3 Å². The van der Waals surface area contributed by atoms with Crippen molar-refractivity contribution in [3.05, 3.63) is 59.8 Å². The summed E-state index contributed by atoms with van der Waals surface area (Å²) in [6, 6.07) is 16.7. The zero-order valence-electron chi connectivity index (χ0n) is 13.0. The molecule has 3 aromatic rings. The number of amidine groups is 1. The summed E-state index contributed by atoms with van der Waals surface area (Å²) < 4.78 is 0. The molecule has 3 nitrogen and oxygen atoms in total. The van der Waals surface area contributed by atoms with Gasteiger partial charge in [0.2, 0.25) is 0 Å². The van der Waals surface area contributed by atoms with Gasteiger partial charge in [0, 0.05) is 11.4 Å². The van der Waals surface area contributed by atoms with Crippen molar-refractivity contribution in [1.82, 2.24) is 4.98 Å². The number of hydrogen-bond acceptors (Lipinski definition) is 3. The lowest BCUT2D eigenvalue weighted by Crippen LogP contribution is -2.25. The molecule has 1 aliphatic rings. The van der Waals surface area contributed by atoms with E-state index in [-0.39, 0.29) is 0 Å². The van der Waals surface area contributed by atoms with Crippen LogP contribution in [0.5, 0.6) is 0 Å². The van der Waals surface area contributed by atoms with Gasteiger partial charge in [-0.3, -0.25) is 9.88 Å². The predicted molar refractivity (Wildman–Crippen MR) is 92.6 cm³/mol. The zero-order chi connectivity index (χ0) is 15.3. The number of para-hydroxylation sites is 1. The third-order valence-electron chi connectivity index (χ3n) is 4.11. The van der Waals surface area contributed by atoms with E-state index in [1.807, 2.05) is 13.0 Å². The highest BCUT2D eigenvalue weighted by Gasteiger charge is 2.23. The molecule has 0 bridgehead atoms. The Morgan fingerprint density at radius 1 is 0.909 bits per heavy atom. The number of anilines is 2. The number of hydrogen-bond donors (Lipinski definition) is 0. The van der Waals surface area contributed by atoms with Crippen molar-refractivity contribution >= 4 is 33.8 Å². The van der Waals surface area contributed by atoms with E-state index in [9.17, 15) is 0 Å². The smallest absolute Gasteiger partial charge is 0.111 e. The number of pyridine rings is 1. The molecule has 0 amide bonds. The number of nitrogens with zero attached hydrogens (tertiary/aromatic N) is 3. The van der Waals surface area contributed by atoms with Gasteiger partial charge in [-0.15, -0.1) is 0 Å². The minimum absolute atomic E-state index is 0.981. The molecule has 0 N–H and O–H groups in total. The minimum Gasteiger partial charge on any atom is -0.298 e. The molecule has 0 saturated heterocycles. The van der Waals surface area contributed by atoms with Crippen molar-refractivity contribution in [2.75, 3.05) is 4.90 Å². The highest BCUT2D eigenvalue weighted by atomic mass is 15.2. The van der Waals surface area contributed by atoms with Crippen LogP contribution in [0.1, 0.15) is 18.2 Å². The Bertz CT molecular complexity index is 911. The van der Waals surface area contributed by atoms with Gasteiger partial charge < -0.3 is 0 Å². The summed E-state index contributed by atoms with van der Waals surface area (Å²) >= 11 is 0. The fourth-order valence-corrected chi connectivity index (χ4v) is 3.13. The summed E-state index contributed by atoms with van der Waals surface area (Å²) in [5.41, 5.74) is 6.56. The molecule has 0 spiro atoms. The van der Waals surface area contributed by atoms with Gasteiger partial charge >= 0.3 is 0 Å². The second-order valence-electron chi connectivity index (χ2n) is 5.74. The average molecular weight is 287 g/mol. The molecule has 2 heterocycles. The van der Waals surface area contributed by atoms with Gasteiger partial charge in [0.25, 0.3) is 0 Å². The van der Waals surface area contributed by atoms with Crippen LogP contribution in [0.4, 0.5) is 17.1 Å². The molecule has 0 radical (unpaired) electrons. The number of aliphatic imine (C=N–C) groups is 1. The van der Waals surface area contributed by atoms with Gasteiger partial charge in [0.15, 0.2) is 0 Å². The predicted octanol–water partition coefficient (Wildman–Crippen LogP) is 5.05. The highest BCUT2D eigenvalue weighted by molar-refractivity contribution is 6.17. The summed E-state index contributed by atoms with van der Waals surface area (Å²) in [4.78, 5) is 11.7. The Morgan fingerprint density at radius 3 is 2.45 bits per heavy atom. The molecule has 0 aliphatic carbocycles. The highest BCUT2D eigenvalue weighted by Crippen LogP contribution is 2.42. The van der Waals surface area contributed by atoms with Crippen LogP contribution in [0.25, 0.3) is 10.9 Å². The quantitative estimate of drug-likeness (QED) is 0.626. The van der Waals surface area contributed by atoms with Crippen LogP contribution in [0.15, 0.2) is 53.5 Å². The SMILES string of the molecule is CC1=Nc2ccc(C)c3nc(C)cc(c23)N1c1ccccc1. The lowest BCUT2D eigenvalue weighted by atomic mass is 10.0. The first kappa shape index (κ1) is 13.0. The van der Waals surface area contributed by atoms with E-state index < -0.39 is 0 Å². The van der Waals surface area contributed by atoms with Crippen LogP contribution in [-0.2, 0) is 0 Å². The van der Waals surface area contributed by atoms with E-state index in [4.69, 9.17) is 9.98 Å². The van der Waals surface area contributed by atoms with Gasteiger partial charge in [-0.2, -0.15) is 0 Å². The van der Waals surface area contributed by atoms with Crippen molar-refractivity contribution in [2.45, 2.75) is 20.8 Å². The first-order valence-corrected chi connectivity index (χ1v) is 7.46. The average Bonchev–Trinajstić information content (AvgIpc) is 2.51. The maximum atomic E-state index is 4.80. The van der Waals surface area contributed by atoms with E-state index in [1.54, 1.807) is 0 Å². The maximum Gasteiger partial charge on any atom is 0.111 e. The fourth-order valence-electron chi connectivity index (χ4n) is 3.13. The molecule has 1 aliphatic heterocycles. The first-order chi connectivity index (χ1) is 10.6. The van der Waals surface area contributed by atoms with Crippen LogP contribution in [0, 0.1) is 13.8 Å². The molecule has 0 saturated carbocycles. The number of benzene rings is 2. The molecule has 0 fully saturated rings. The van der Waals surface area contributed by atoms with Gasteiger partial charge in [-0.05, 0) is 50.6 Å². The summed E-state index contributed by atoms with van der Waals surface area (Å²) in [5.74, 6) is 0.981. The third kappa shape index (κ3) is 1.82. The van der Waals surface area contributed by atoms with Crippen molar-refractivity contribution in [2.24, 2.45) is 4.99 Å². The van der Waals surface area contributed by atoms with E-state index in [1.165, 1.54) is 11.3 Å². The molecular formula is C19H17N3. The lowest BCUT2D eigenvalue weighted by molar-refractivity contribution is 1.20. The molecule has 4 rings (SSSR count). The van der Waals surface area contributed by atoms with Crippen LogP contribution in [0.3, 0.4) is 0 Å². The normalized spacial score (nSPS) is 13.4. The van der Waals surface area contributed by atoms with Crippen LogP contribution >= 0.6 is 0 Å². The summed E-state index contributed by atoms with van der Waals surface area (Å²) in [6.45, 7) is 6.21. The number of aryl methyl sites for hydroxylation is 2. The standard InChI is InChI=1S/C19H17N3/c1-12-9-10-16-18-17(11-13(2)20-19(12)18)22(14(3)21-16)15-7-5-4-6-8-15/h4-11H,1-3H3. The first-order valence-electron chi connectivity index (χ1n) is 7.46. The largest absolute Gasteiger partial charge is 0.298 e. The Labute approximate surface area is 129 Å². The monoisotopic (exact) mass is 287 g/mol. The summed E-state index contributed by atoms with van der Waals surface area (Å²) in [6.07, 6.45) is 0. The topological polar surface area (TPSA) is 28.5 Å². The summed E-state index contributed by atoms with van der Waals surface area (Å²) in [5, 5.41) is 1.14. The second-order valence-corrected chi connectivity index (χ2v) is 5.74. The number of aromatic nitrogens is 1. The minimum atomic E-state index is 0.981. The van der Waals surface area contributed by atoms with Crippen molar-refractivity contribution in [3.8, 4) is 0 Å². The molecule has 3 heteroatoms. The van der Waals surface area contributed by atoms with Crippen molar-refractivity contribution in [3.63, 3.8) is 0 Å². The molecular weight excluding hydrogens is 270 g/mol.